The first-order valence-electron chi connectivity index (χ1n) is 4.35. The molecule has 3 heteroatoms. The van der Waals surface area contributed by atoms with Crippen LogP contribution in [-0.2, 0) is 6.54 Å². The van der Waals surface area contributed by atoms with Crippen molar-refractivity contribution in [3.05, 3.63) is 28.4 Å². The molecule has 0 spiro atoms. The van der Waals surface area contributed by atoms with Crippen LogP contribution >= 0.6 is 15.9 Å². The van der Waals surface area contributed by atoms with Crippen LogP contribution in [0.4, 0.5) is 0 Å². The van der Waals surface area contributed by atoms with E-state index in [0.29, 0.717) is 0 Å². The fourth-order valence-corrected chi connectivity index (χ4v) is 2.24. The minimum atomic E-state index is 0.924. The lowest BCUT2D eigenvalue weighted by molar-refractivity contribution is 0.647. The van der Waals surface area contributed by atoms with Gasteiger partial charge in [-0.2, -0.15) is 5.10 Å². The molecule has 1 aromatic heterocycles. The third kappa shape index (κ3) is 1.27. The molecule has 0 unspecified atom stereocenters. The summed E-state index contributed by atoms with van der Waals surface area (Å²) in [5.74, 6) is 0. The molecular formula is C10H11BrN2. The molecule has 68 valence electrons. The first-order valence-corrected chi connectivity index (χ1v) is 5.15. The smallest absolute Gasteiger partial charge is 0.0937 e. The van der Waals surface area contributed by atoms with E-state index < -0.39 is 0 Å². The maximum absolute atomic E-state index is 4.48. The molecule has 0 amide bonds. The maximum atomic E-state index is 4.48. The second-order valence-corrected chi connectivity index (χ2v) is 3.89. The summed E-state index contributed by atoms with van der Waals surface area (Å²) in [6.07, 6.45) is 0. The van der Waals surface area contributed by atoms with Gasteiger partial charge in [0.2, 0.25) is 0 Å². The predicted molar refractivity (Wildman–Crippen MR) is 57.8 cm³/mol. The van der Waals surface area contributed by atoms with Gasteiger partial charge in [0.25, 0.3) is 0 Å². The Labute approximate surface area is 85.7 Å². The van der Waals surface area contributed by atoms with Gasteiger partial charge in [-0.3, -0.25) is 4.68 Å². The van der Waals surface area contributed by atoms with Crippen molar-refractivity contribution in [3.63, 3.8) is 0 Å². The lowest BCUT2D eigenvalue weighted by Crippen LogP contribution is -1.97. The molecule has 0 radical (unpaired) electrons. The maximum Gasteiger partial charge on any atom is 0.0937 e. The molecule has 2 rings (SSSR count). The molecule has 13 heavy (non-hydrogen) atoms. The van der Waals surface area contributed by atoms with Gasteiger partial charge in [0, 0.05) is 22.1 Å². The van der Waals surface area contributed by atoms with Crippen molar-refractivity contribution in [2.75, 3.05) is 0 Å². The van der Waals surface area contributed by atoms with Gasteiger partial charge >= 0.3 is 0 Å². The SMILES string of the molecule is CCn1nc2cccc(Br)c2c1C. The van der Waals surface area contributed by atoms with Crippen molar-refractivity contribution in [3.8, 4) is 0 Å². The largest absolute Gasteiger partial charge is 0.269 e. The Hall–Kier alpha value is -0.830. The number of fused-ring (bicyclic) bond motifs is 1. The third-order valence-electron chi connectivity index (χ3n) is 2.27. The predicted octanol–water partition coefficient (Wildman–Crippen LogP) is 3.13. The molecule has 0 N–H and O–H groups in total. The van der Waals surface area contributed by atoms with Crippen LogP contribution in [0.15, 0.2) is 22.7 Å². The second kappa shape index (κ2) is 3.14. The lowest BCUT2D eigenvalue weighted by atomic mass is 10.2. The van der Waals surface area contributed by atoms with Gasteiger partial charge in [-0.1, -0.05) is 22.0 Å². The fraction of sp³-hybridized carbons (Fsp3) is 0.300. The zero-order valence-corrected chi connectivity index (χ0v) is 9.30. The summed E-state index contributed by atoms with van der Waals surface area (Å²) in [4.78, 5) is 0. The van der Waals surface area contributed by atoms with Gasteiger partial charge in [-0.25, -0.2) is 0 Å². The molecule has 0 aliphatic rings. The quantitative estimate of drug-likeness (QED) is 0.747. The number of hydrogen-bond acceptors (Lipinski definition) is 1. The number of halogens is 1. The summed E-state index contributed by atoms with van der Waals surface area (Å²) in [7, 11) is 0. The molecule has 0 saturated heterocycles. The molecule has 0 aliphatic heterocycles. The van der Waals surface area contributed by atoms with Gasteiger partial charge in [0.05, 0.1) is 5.52 Å². The van der Waals surface area contributed by atoms with Crippen LogP contribution in [0.25, 0.3) is 10.9 Å². The summed E-state index contributed by atoms with van der Waals surface area (Å²) < 4.78 is 3.15. The first kappa shape index (κ1) is 8.75. The molecule has 0 fully saturated rings. The van der Waals surface area contributed by atoms with Crippen molar-refractivity contribution in [1.29, 1.82) is 0 Å². The zero-order chi connectivity index (χ0) is 9.42. The van der Waals surface area contributed by atoms with Gasteiger partial charge < -0.3 is 0 Å². The molecular weight excluding hydrogens is 228 g/mol. The number of hydrogen-bond donors (Lipinski definition) is 0. The highest BCUT2D eigenvalue weighted by atomic mass is 79.9. The van der Waals surface area contributed by atoms with Gasteiger partial charge in [0.1, 0.15) is 0 Å². The second-order valence-electron chi connectivity index (χ2n) is 3.04. The average molecular weight is 239 g/mol. The standard InChI is InChI=1S/C10H11BrN2/c1-3-13-7(2)10-8(11)5-4-6-9(10)12-13/h4-6H,3H2,1-2H3. The molecule has 2 aromatic rings. The van der Waals surface area contributed by atoms with Crippen molar-refractivity contribution in [1.82, 2.24) is 9.78 Å². The Morgan fingerprint density at radius 2 is 2.23 bits per heavy atom. The first-order chi connectivity index (χ1) is 6.24. The number of aryl methyl sites for hydroxylation is 2. The van der Waals surface area contributed by atoms with Crippen LogP contribution in [0.1, 0.15) is 12.6 Å². The van der Waals surface area contributed by atoms with Gasteiger partial charge in [0.15, 0.2) is 0 Å². The van der Waals surface area contributed by atoms with Crippen molar-refractivity contribution in [2.45, 2.75) is 20.4 Å². The third-order valence-corrected chi connectivity index (χ3v) is 2.93. The summed E-state index contributed by atoms with van der Waals surface area (Å²) in [6.45, 7) is 5.13. The van der Waals surface area contributed by atoms with Gasteiger partial charge in [-0.05, 0) is 26.0 Å². The van der Waals surface area contributed by atoms with E-state index in [0.717, 1.165) is 16.5 Å². The minimum Gasteiger partial charge on any atom is -0.269 e. The normalized spacial score (nSPS) is 11.0. The van der Waals surface area contributed by atoms with Crippen LogP contribution in [0.3, 0.4) is 0 Å². The molecule has 0 saturated carbocycles. The minimum absolute atomic E-state index is 0.924. The van der Waals surface area contributed by atoms with Crippen molar-refractivity contribution in [2.24, 2.45) is 0 Å². The Bertz CT molecular complexity index is 445. The molecule has 0 aliphatic carbocycles. The van der Waals surface area contributed by atoms with Crippen LogP contribution < -0.4 is 0 Å². The summed E-state index contributed by atoms with van der Waals surface area (Å²) in [6, 6.07) is 6.11. The Balaban J connectivity index is 2.85. The molecule has 2 nitrogen and oxygen atoms in total. The highest BCUT2D eigenvalue weighted by Gasteiger charge is 2.07. The Morgan fingerprint density at radius 1 is 1.46 bits per heavy atom. The van der Waals surface area contributed by atoms with Crippen molar-refractivity contribution < 1.29 is 0 Å². The Kier molecular flexibility index (Phi) is 2.12. The monoisotopic (exact) mass is 238 g/mol. The van der Waals surface area contributed by atoms with Crippen LogP contribution in [-0.4, -0.2) is 9.78 Å². The highest BCUT2D eigenvalue weighted by Crippen LogP contribution is 2.26. The van der Waals surface area contributed by atoms with E-state index in [2.05, 4.69) is 40.9 Å². The van der Waals surface area contributed by atoms with Gasteiger partial charge in [-0.15, -0.1) is 0 Å². The molecule has 1 aromatic carbocycles. The van der Waals surface area contributed by atoms with Crippen molar-refractivity contribution >= 4 is 26.8 Å². The number of aromatic nitrogens is 2. The van der Waals surface area contributed by atoms with E-state index in [1.807, 2.05) is 16.8 Å². The topological polar surface area (TPSA) is 17.8 Å². The Morgan fingerprint density at radius 3 is 2.85 bits per heavy atom. The summed E-state index contributed by atoms with van der Waals surface area (Å²) >= 11 is 3.54. The number of nitrogens with zero attached hydrogens (tertiary/aromatic N) is 2. The molecule has 0 atom stereocenters. The van der Waals surface area contributed by atoms with E-state index in [1.165, 1.54) is 11.1 Å². The molecule has 1 heterocycles. The summed E-state index contributed by atoms with van der Waals surface area (Å²) in [5, 5.41) is 5.70. The van der Waals surface area contributed by atoms with E-state index >= 15 is 0 Å². The van der Waals surface area contributed by atoms with Crippen LogP contribution in [0, 0.1) is 6.92 Å². The van der Waals surface area contributed by atoms with E-state index in [4.69, 9.17) is 0 Å². The van der Waals surface area contributed by atoms with E-state index in [9.17, 15) is 0 Å². The van der Waals surface area contributed by atoms with Crippen LogP contribution in [0.2, 0.25) is 0 Å². The number of rotatable bonds is 1. The lowest BCUT2D eigenvalue weighted by Gasteiger charge is -1.97. The van der Waals surface area contributed by atoms with E-state index in [-0.39, 0.29) is 0 Å². The summed E-state index contributed by atoms with van der Waals surface area (Å²) in [5.41, 5.74) is 2.29. The average Bonchev–Trinajstić information content (AvgIpc) is 2.44. The zero-order valence-electron chi connectivity index (χ0n) is 7.71. The highest BCUT2D eigenvalue weighted by molar-refractivity contribution is 9.10. The number of benzene rings is 1. The van der Waals surface area contributed by atoms with Crippen LogP contribution in [0.5, 0.6) is 0 Å². The molecule has 0 bridgehead atoms. The fourth-order valence-electron chi connectivity index (χ4n) is 1.60. The van der Waals surface area contributed by atoms with E-state index in [1.54, 1.807) is 0 Å².